The van der Waals surface area contributed by atoms with Crippen LogP contribution in [0.25, 0.3) is 0 Å². The summed E-state index contributed by atoms with van der Waals surface area (Å²) in [6.45, 7) is 4.89. The van der Waals surface area contributed by atoms with Gasteiger partial charge >= 0.3 is 6.09 Å². The van der Waals surface area contributed by atoms with E-state index < -0.39 is 6.09 Å². The number of nitrogens with one attached hydrogen (secondary N) is 1. The SMILES string of the molecule is CNC(=O)OCc1nc(C(C)C)c(Sc2ccccc2)n1Cc1ccccn1. The summed E-state index contributed by atoms with van der Waals surface area (Å²) in [7, 11) is 1.54. The van der Waals surface area contributed by atoms with Crippen LogP contribution >= 0.6 is 11.8 Å². The van der Waals surface area contributed by atoms with Crippen molar-refractivity contribution < 1.29 is 9.53 Å². The number of ether oxygens (including phenoxy) is 1. The molecule has 146 valence electrons. The molecule has 28 heavy (non-hydrogen) atoms. The molecule has 0 radical (unpaired) electrons. The lowest BCUT2D eigenvalue weighted by molar-refractivity contribution is 0.137. The second-order valence-corrected chi connectivity index (χ2v) is 7.58. The Kier molecular flexibility index (Phi) is 6.71. The minimum absolute atomic E-state index is 0.0988. The second kappa shape index (κ2) is 9.41. The smallest absolute Gasteiger partial charge is 0.407 e. The van der Waals surface area contributed by atoms with Crippen molar-refractivity contribution in [2.75, 3.05) is 7.05 Å². The van der Waals surface area contributed by atoms with Gasteiger partial charge in [-0.3, -0.25) is 4.98 Å². The van der Waals surface area contributed by atoms with Gasteiger partial charge in [0, 0.05) is 18.1 Å². The van der Waals surface area contributed by atoms with Crippen LogP contribution in [0, 0.1) is 0 Å². The van der Waals surface area contributed by atoms with Crippen molar-refractivity contribution in [1.29, 1.82) is 0 Å². The second-order valence-electron chi connectivity index (χ2n) is 6.52. The van der Waals surface area contributed by atoms with E-state index >= 15 is 0 Å². The van der Waals surface area contributed by atoms with Crippen LogP contribution in [0.5, 0.6) is 0 Å². The molecule has 0 atom stereocenters. The van der Waals surface area contributed by atoms with Crippen LogP contribution < -0.4 is 5.32 Å². The van der Waals surface area contributed by atoms with E-state index in [1.165, 1.54) is 0 Å². The molecule has 0 unspecified atom stereocenters. The van der Waals surface area contributed by atoms with E-state index in [4.69, 9.17) is 9.72 Å². The van der Waals surface area contributed by atoms with Gasteiger partial charge in [-0.25, -0.2) is 9.78 Å². The Morgan fingerprint density at radius 2 is 1.93 bits per heavy atom. The molecule has 0 aliphatic heterocycles. The number of hydrogen-bond acceptors (Lipinski definition) is 5. The standard InChI is InChI=1S/C21H24N4O2S/c1-15(2)19-20(28-17-10-5-4-6-11-17)25(13-16-9-7-8-12-23-16)18(24-19)14-27-21(26)22-3/h4-12,15H,13-14H2,1-3H3,(H,22,26). The van der Waals surface area contributed by atoms with Gasteiger partial charge in [0.2, 0.25) is 0 Å². The number of alkyl carbamates (subject to hydrolysis) is 1. The summed E-state index contributed by atoms with van der Waals surface area (Å²) < 4.78 is 7.39. The number of pyridine rings is 1. The number of imidazole rings is 1. The van der Waals surface area contributed by atoms with Gasteiger partial charge in [-0.15, -0.1) is 0 Å². The number of rotatable bonds is 7. The van der Waals surface area contributed by atoms with E-state index in [9.17, 15) is 4.79 Å². The molecule has 0 aliphatic carbocycles. The molecule has 3 aromatic rings. The van der Waals surface area contributed by atoms with Crippen LogP contribution in [0.3, 0.4) is 0 Å². The molecular formula is C21H24N4O2S. The number of hydrogen-bond donors (Lipinski definition) is 1. The van der Waals surface area contributed by atoms with Crippen LogP contribution in [0.4, 0.5) is 4.79 Å². The quantitative estimate of drug-likeness (QED) is 0.639. The lowest BCUT2D eigenvalue weighted by atomic mass is 10.1. The van der Waals surface area contributed by atoms with Crippen molar-refractivity contribution in [3.63, 3.8) is 0 Å². The minimum Gasteiger partial charge on any atom is -0.441 e. The zero-order valence-electron chi connectivity index (χ0n) is 16.3. The van der Waals surface area contributed by atoms with Gasteiger partial charge in [-0.1, -0.05) is 49.9 Å². The Hall–Kier alpha value is -2.80. The fourth-order valence-corrected chi connectivity index (χ4v) is 3.90. The average molecular weight is 397 g/mol. The lowest BCUT2D eigenvalue weighted by Gasteiger charge is -2.13. The Labute approximate surface area is 169 Å². The van der Waals surface area contributed by atoms with E-state index in [0.29, 0.717) is 12.4 Å². The molecule has 1 amide bonds. The zero-order chi connectivity index (χ0) is 19.9. The summed E-state index contributed by atoms with van der Waals surface area (Å²) in [5.74, 6) is 0.936. The summed E-state index contributed by atoms with van der Waals surface area (Å²) in [5, 5.41) is 3.52. The average Bonchev–Trinajstić information content (AvgIpc) is 3.05. The Morgan fingerprint density at radius 1 is 1.18 bits per heavy atom. The Balaban J connectivity index is 2.02. The number of aromatic nitrogens is 3. The number of carbonyl (C=O) groups excluding carboxylic acids is 1. The van der Waals surface area contributed by atoms with Gasteiger partial charge in [0.15, 0.2) is 6.61 Å². The number of carbonyl (C=O) groups is 1. The van der Waals surface area contributed by atoms with Gasteiger partial charge in [-0.05, 0) is 30.2 Å². The van der Waals surface area contributed by atoms with Crippen LogP contribution in [0.2, 0.25) is 0 Å². The van der Waals surface area contributed by atoms with E-state index in [2.05, 4.69) is 40.8 Å². The van der Waals surface area contributed by atoms with Crippen molar-refractivity contribution >= 4 is 17.9 Å². The maximum absolute atomic E-state index is 11.6. The molecule has 2 aromatic heterocycles. The van der Waals surface area contributed by atoms with Gasteiger partial charge in [0.05, 0.1) is 17.9 Å². The molecule has 0 saturated heterocycles. The third kappa shape index (κ3) is 4.92. The first-order valence-electron chi connectivity index (χ1n) is 9.15. The van der Waals surface area contributed by atoms with E-state index in [-0.39, 0.29) is 12.5 Å². The Morgan fingerprint density at radius 3 is 2.57 bits per heavy atom. The van der Waals surface area contributed by atoms with Crippen molar-refractivity contribution in [2.45, 2.75) is 42.8 Å². The molecule has 6 nitrogen and oxygen atoms in total. The molecule has 2 heterocycles. The lowest BCUT2D eigenvalue weighted by Crippen LogP contribution is -2.20. The third-order valence-corrected chi connectivity index (χ3v) is 5.24. The molecule has 1 aromatic carbocycles. The first-order chi connectivity index (χ1) is 13.6. The molecule has 0 bridgehead atoms. The van der Waals surface area contributed by atoms with E-state index in [1.54, 1.807) is 25.0 Å². The maximum atomic E-state index is 11.6. The highest BCUT2D eigenvalue weighted by atomic mass is 32.2. The summed E-state index contributed by atoms with van der Waals surface area (Å²) in [6.07, 6.45) is 1.30. The van der Waals surface area contributed by atoms with Crippen molar-refractivity contribution in [3.05, 3.63) is 71.9 Å². The molecule has 7 heteroatoms. The van der Waals surface area contributed by atoms with Crippen molar-refractivity contribution in [3.8, 4) is 0 Å². The van der Waals surface area contributed by atoms with E-state index in [1.807, 2.05) is 36.4 Å². The Bertz CT molecular complexity index is 911. The van der Waals surface area contributed by atoms with Crippen molar-refractivity contribution in [1.82, 2.24) is 19.9 Å². The minimum atomic E-state index is -0.476. The third-order valence-electron chi connectivity index (χ3n) is 4.11. The van der Waals surface area contributed by atoms with Crippen LogP contribution in [0.1, 0.15) is 37.0 Å². The molecule has 0 aliphatic rings. The molecule has 0 spiro atoms. The van der Waals surface area contributed by atoms with E-state index in [0.717, 1.165) is 21.3 Å². The highest BCUT2D eigenvalue weighted by Gasteiger charge is 2.21. The maximum Gasteiger partial charge on any atom is 0.407 e. The molecular weight excluding hydrogens is 372 g/mol. The van der Waals surface area contributed by atoms with Crippen LogP contribution in [0.15, 0.2) is 64.6 Å². The van der Waals surface area contributed by atoms with Gasteiger partial charge in [-0.2, -0.15) is 0 Å². The zero-order valence-corrected chi connectivity index (χ0v) is 17.1. The van der Waals surface area contributed by atoms with Gasteiger partial charge in [0.1, 0.15) is 10.9 Å². The normalized spacial score (nSPS) is 10.9. The highest BCUT2D eigenvalue weighted by Crippen LogP contribution is 2.35. The largest absolute Gasteiger partial charge is 0.441 e. The fraction of sp³-hybridized carbons (Fsp3) is 0.286. The summed E-state index contributed by atoms with van der Waals surface area (Å²) in [5.41, 5.74) is 1.91. The van der Waals surface area contributed by atoms with Gasteiger partial charge in [0.25, 0.3) is 0 Å². The summed E-state index contributed by atoms with van der Waals surface area (Å²) in [6, 6.07) is 16.0. The monoisotopic (exact) mass is 396 g/mol. The first kappa shape index (κ1) is 19.9. The molecule has 3 rings (SSSR count). The first-order valence-corrected chi connectivity index (χ1v) is 9.96. The van der Waals surface area contributed by atoms with Crippen molar-refractivity contribution in [2.24, 2.45) is 0 Å². The highest BCUT2D eigenvalue weighted by molar-refractivity contribution is 7.99. The molecule has 0 saturated carbocycles. The van der Waals surface area contributed by atoms with Crippen LogP contribution in [-0.4, -0.2) is 27.7 Å². The molecule has 0 fully saturated rings. The number of amides is 1. The predicted octanol–water partition coefficient (Wildman–Crippen LogP) is 4.46. The summed E-state index contributed by atoms with van der Waals surface area (Å²) in [4.78, 5) is 22.0. The predicted molar refractivity (Wildman–Crippen MR) is 109 cm³/mol. The topological polar surface area (TPSA) is 69.0 Å². The number of nitrogens with zero attached hydrogens (tertiary/aromatic N) is 3. The van der Waals surface area contributed by atoms with Gasteiger partial charge < -0.3 is 14.6 Å². The number of benzene rings is 1. The summed E-state index contributed by atoms with van der Waals surface area (Å²) >= 11 is 1.67. The fourth-order valence-electron chi connectivity index (χ4n) is 2.72. The van der Waals surface area contributed by atoms with Crippen LogP contribution in [-0.2, 0) is 17.9 Å². The molecule has 1 N–H and O–H groups in total.